The highest BCUT2D eigenvalue weighted by atomic mass is 79.9. The molecular weight excluding hydrogens is 323 g/mol. The Morgan fingerprint density at radius 3 is 2.85 bits per heavy atom. The molecule has 20 heavy (non-hydrogen) atoms. The standard InChI is InChI=1S/C15H12BrFN2O/c16-13-5-2-6-14(18-13)19-15(20)12-8-11(12)9-3-1-4-10(17)7-9/h1-7,11-12H,8H2,(H,18,19,20)/t11-,12-/m1/s1. The summed E-state index contributed by atoms with van der Waals surface area (Å²) in [6.07, 6.45) is 0.753. The maximum atomic E-state index is 13.2. The van der Waals surface area contributed by atoms with Gasteiger partial charge in [0.05, 0.1) is 0 Å². The molecule has 1 aliphatic carbocycles. The van der Waals surface area contributed by atoms with Crippen LogP contribution in [0.2, 0.25) is 0 Å². The van der Waals surface area contributed by atoms with Gasteiger partial charge in [0.25, 0.3) is 0 Å². The highest BCUT2D eigenvalue weighted by Gasteiger charge is 2.44. The summed E-state index contributed by atoms with van der Waals surface area (Å²) in [4.78, 5) is 16.3. The Balaban J connectivity index is 1.66. The minimum Gasteiger partial charge on any atom is -0.310 e. The smallest absolute Gasteiger partial charge is 0.229 e. The van der Waals surface area contributed by atoms with Crippen molar-refractivity contribution < 1.29 is 9.18 Å². The van der Waals surface area contributed by atoms with Crippen molar-refractivity contribution in [2.24, 2.45) is 5.92 Å². The molecule has 1 aliphatic rings. The van der Waals surface area contributed by atoms with Gasteiger partial charge in [-0.2, -0.15) is 0 Å². The third-order valence-electron chi connectivity index (χ3n) is 3.37. The van der Waals surface area contributed by atoms with Gasteiger partial charge in [0.15, 0.2) is 0 Å². The van der Waals surface area contributed by atoms with Crippen molar-refractivity contribution in [2.75, 3.05) is 5.32 Å². The number of nitrogens with one attached hydrogen (secondary N) is 1. The molecule has 0 spiro atoms. The van der Waals surface area contributed by atoms with E-state index < -0.39 is 0 Å². The van der Waals surface area contributed by atoms with Crippen LogP contribution in [0.3, 0.4) is 0 Å². The van der Waals surface area contributed by atoms with Crippen molar-refractivity contribution in [1.29, 1.82) is 0 Å². The molecule has 0 unspecified atom stereocenters. The van der Waals surface area contributed by atoms with Gasteiger partial charge in [0.1, 0.15) is 16.2 Å². The lowest BCUT2D eigenvalue weighted by molar-refractivity contribution is -0.117. The van der Waals surface area contributed by atoms with Gasteiger partial charge in [0, 0.05) is 5.92 Å². The van der Waals surface area contributed by atoms with Crippen molar-refractivity contribution >= 4 is 27.7 Å². The van der Waals surface area contributed by atoms with Crippen LogP contribution in [0, 0.1) is 11.7 Å². The van der Waals surface area contributed by atoms with E-state index in [0.717, 1.165) is 12.0 Å². The van der Waals surface area contributed by atoms with E-state index in [1.807, 2.05) is 12.1 Å². The normalized spacial score (nSPS) is 20.5. The third-order valence-corrected chi connectivity index (χ3v) is 3.81. The fraction of sp³-hybridized carbons (Fsp3) is 0.200. The fourth-order valence-corrected chi connectivity index (χ4v) is 2.63. The SMILES string of the molecule is O=C(Nc1cccc(Br)n1)[C@@H]1C[C@@H]1c1cccc(F)c1. The zero-order valence-corrected chi connectivity index (χ0v) is 12.1. The van der Waals surface area contributed by atoms with E-state index in [0.29, 0.717) is 10.4 Å². The van der Waals surface area contributed by atoms with Crippen LogP contribution in [0.15, 0.2) is 47.1 Å². The number of anilines is 1. The van der Waals surface area contributed by atoms with Crippen LogP contribution in [0.25, 0.3) is 0 Å². The van der Waals surface area contributed by atoms with Gasteiger partial charge < -0.3 is 5.32 Å². The first-order chi connectivity index (χ1) is 9.63. The van der Waals surface area contributed by atoms with Crippen LogP contribution >= 0.6 is 15.9 Å². The zero-order valence-electron chi connectivity index (χ0n) is 10.5. The Kier molecular flexibility index (Phi) is 3.53. The summed E-state index contributed by atoms with van der Waals surface area (Å²) >= 11 is 3.26. The molecule has 3 rings (SSSR count). The molecule has 0 bridgehead atoms. The molecule has 2 aromatic rings. The predicted molar refractivity (Wildman–Crippen MR) is 77.8 cm³/mol. The third kappa shape index (κ3) is 2.88. The molecule has 0 aliphatic heterocycles. The number of carbonyl (C=O) groups excluding carboxylic acids is 1. The van der Waals surface area contributed by atoms with Gasteiger partial charge in [-0.3, -0.25) is 4.79 Å². The van der Waals surface area contributed by atoms with Gasteiger partial charge in [-0.25, -0.2) is 9.37 Å². The quantitative estimate of drug-likeness (QED) is 0.869. The topological polar surface area (TPSA) is 42.0 Å². The first kappa shape index (κ1) is 13.2. The lowest BCUT2D eigenvalue weighted by atomic mass is 10.1. The summed E-state index contributed by atoms with van der Waals surface area (Å²) in [5.74, 6) is 0.205. The fourth-order valence-electron chi connectivity index (χ4n) is 2.29. The number of hydrogen-bond acceptors (Lipinski definition) is 2. The Labute approximate surface area is 124 Å². The van der Waals surface area contributed by atoms with Crippen LogP contribution in [0.4, 0.5) is 10.2 Å². The molecule has 3 nitrogen and oxygen atoms in total. The largest absolute Gasteiger partial charge is 0.310 e. The molecule has 1 aromatic carbocycles. The number of carbonyl (C=O) groups is 1. The Morgan fingerprint density at radius 1 is 1.30 bits per heavy atom. The molecule has 1 fully saturated rings. The van der Waals surface area contributed by atoms with Gasteiger partial charge in [-0.05, 0) is 58.1 Å². The molecule has 1 aromatic heterocycles. The summed E-state index contributed by atoms with van der Waals surface area (Å²) in [6.45, 7) is 0. The molecule has 102 valence electrons. The molecular formula is C15H12BrFN2O. The highest BCUT2D eigenvalue weighted by Crippen LogP contribution is 2.48. The van der Waals surface area contributed by atoms with E-state index in [2.05, 4.69) is 26.2 Å². The van der Waals surface area contributed by atoms with Crippen LogP contribution in [-0.2, 0) is 4.79 Å². The lowest BCUT2D eigenvalue weighted by Gasteiger charge is -2.04. The number of pyridine rings is 1. The van der Waals surface area contributed by atoms with Gasteiger partial charge in [-0.1, -0.05) is 18.2 Å². The zero-order chi connectivity index (χ0) is 14.1. The van der Waals surface area contributed by atoms with E-state index in [4.69, 9.17) is 0 Å². The monoisotopic (exact) mass is 334 g/mol. The van der Waals surface area contributed by atoms with Crippen molar-refractivity contribution in [3.63, 3.8) is 0 Å². The Hall–Kier alpha value is -1.75. The second kappa shape index (κ2) is 5.32. The number of hydrogen-bond donors (Lipinski definition) is 1. The van der Waals surface area contributed by atoms with Crippen molar-refractivity contribution in [1.82, 2.24) is 4.98 Å². The van der Waals surface area contributed by atoms with Crippen LogP contribution in [0.1, 0.15) is 17.9 Å². The second-order valence-electron chi connectivity index (χ2n) is 4.84. The van der Waals surface area contributed by atoms with E-state index >= 15 is 0 Å². The van der Waals surface area contributed by atoms with Crippen molar-refractivity contribution in [3.05, 3.63) is 58.4 Å². The van der Waals surface area contributed by atoms with E-state index in [1.54, 1.807) is 18.2 Å². The Morgan fingerprint density at radius 2 is 2.10 bits per heavy atom. The number of benzene rings is 1. The average Bonchev–Trinajstić information content (AvgIpc) is 3.19. The van der Waals surface area contributed by atoms with Crippen LogP contribution in [-0.4, -0.2) is 10.9 Å². The van der Waals surface area contributed by atoms with Crippen LogP contribution in [0.5, 0.6) is 0 Å². The molecule has 2 atom stereocenters. The number of halogens is 2. The lowest BCUT2D eigenvalue weighted by Crippen LogP contribution is -2.15. The molecule has 1 saturated carbocycles. The number of amides is 1. The number of aromatic nitrogens is 1. The summed E-state index contributed by atoms with van der Waals surface area (Å²) in [6, 6.07) is 11.8. The van der Waals surface area contributed by atoms with Gasteiger partial charge in [-0.15, -0.1) is 0 Å². The highest BCUT2D eigenvalue weighted by molar-refractivity contribution is 9.10. The first-order valence-electron chi connectivity index (χ1n) is 6.32. The molecule has 0 saturated heterocycles. The van der Waals surface area contributed by atoms with Crippen molar-refractivity contribution in [3.8, 4) is 0 Å². The van der Waals surface area contributed by atoms with E-state index in [9.17, 15) is 9.18 Å². The van der Waals surface area contributed by atoms with Gasteiger partial charge in [0.2, 0.25) is 5.91 Å². The summed E-state index contributed by atoms with van der Waals surface area (Å²) in [5.41, 5.74) is 0.882. The molecule has 1 N–H and O–H groups in total. The minimum absolute atomic E-state index is 0.0649. The molecule has 0 radical (unpaired) electrons. The van der Waals surface area contributed by atoms with Crippen molar-refractivity contribution in [2.45, 2.75) is 12.3 Å². The van der Waals surface area contributed by atoms with Gasteiger partial charge >= 0.3 is 0 Å². The summed E-state index contributed by atoms with van der Waals surface area (Å²) in [7, 11) is 0. The maximum absolute atomic E-state index is 13.2. The Bertz CT molecular complexity index is 662. The van der Waals surface area contributed by atoms with Crippen LogP contribution < -0.4 is 5.32 Å². The summed E-state index contributed by atoms with van der Waals surface area (Å²) < 4.78 is 13.8. The predicted octanol–water partition coefficient (Wildman–Crippen LogP) is 3.73. The number of rotatable bonds is 3. The number of nitrogens with zero attached hydrogens (tertiary/aromatic N) is 1. The second-order valence-corrected chi connectivity index (χ2v) is 5.65. The molecule has 1 amide bonds. The maximum Gasteiger partial charge on any atom is 0.229 e. The van der Waals surface area contributed by atoms with E-state index in [1.165, 1.54) is 12.1 Å². The van der Waals surface area contributed by atoms with E-state index in [-0.39, 0.29) is 23.6 Å². The minimum atomic E-state index is -0.262. The summed E-state index contributed by atoms with van der Waals surface area (Å²) in [5, 5.41) is 2.79. The molecule has 1 heterocycles. The molecule has 5 heteroatoms. The first-order valence-corrected chi connectivity index (χ1v) is 7.11. The average molecular weight is 335 g/mol.